The van der Waals surface area contributed by atoms with Crippen LogP contribution >= 0.6 is 11.3 Å². The lowest BCUT2D eigenvalue weighted by molar-refractivity contribution is 0.101. The highest BCUT2D eigenvalue weighted by Gasteiger charge is 2.08. The number of Topliss-reactive ketones (excluding diaryl/α,β-unsaturated/α-hetero) is 1. The van der Waals surface area contributed by atoms with E-state index in [1.165, 1.54) is 18.3 Å². The molecule has 0 radical (unpaired) electrons. The molecule has 0 aliphatic rings. The number of urea groups is 1. The molecule has 0 aliphatic heterocycles. The number of ketones is 1. The van der Waals surface area contributed by atoms with Crippen LogP contribution < -0.4 is 10.6 Å². The molecule has 2 aromatic rings. The van der Waals surface area contributed by atoms with E-state index < -0.39 is 0 Å². The Hall–Kier alpha value is -2.21. The fraction of sp³-hybridized carbons (Fsp3) is 0.214. The quantitative estimate of drug-likeness (QED) is 0.848. The van der Waals surface area contributed by atoms with Crippen molar-refractivity contribution in [1.29, 1.82) is 0 Å². The Morgan fingerprint density at radius 3 is 2.25 bits per heavy atom. The Morgan fingerprint density at radius 1 is 1.10 bits per heavy atom. The molecule has 0 aliphatic carbocycles. The van der Waals surface area contributed by atoms with Crippen LogP contribution in [0.3, 0.4) is 0 Å². The summed E-state index contributed by atoms with van der Waals surface area (Å²) in [6.45, 7) is 5.36. The van der Waals surface area contributed by atoms with Crippen LogP contribution in [0.4, 0.5) is 15.6 Å². The number of thiazole rings is 1. The van der Waals surface area contributed by atoms with Crippen molar-refractivity contribution in [3.63, 3.8) is 0 Å². The van der Waals surface area contributed by atoms with Gasteiger partial charge in [0.05, 0.1) is 5.69 Å². The molecule has 0 saturated heterocycles. The summed E-state index contributed by atoms with van der Waals surface area (Å²) < 4.78 is 0. The Bertz CT molecular complexity index is 627. The van der Waals surface area contributed by atoms with Gasteiger partial charge in [-0.3, -0.25) is 10.1 Å². The normalized spacial score (nSPS) is 10.2. The molecule has 2 amide bonds. The van der Waals surface area contributed by atoms with E-state index in [2.05, 4.69) is 15.6 Å². The molecule has 2 rings (SSSR count). The van der Waals surface area contributed by atoms with Gasteiger partial charge in [-0.05, 0) is 45.0 Å². The lowest BCUT2D eigenvalue weighted by Crippen LogP contribution is -2.19. The highest BCUT2D eigenvalue weighted by Crippen LogP contribution is 2.21. The Labute approximate surface area is 121 Å². The molecule has 1 heterocycles. The smallest absolute Gasteiger partial charge is 0.308 e. The van der Waals surface area contributed by atoms with Gasteiger partial charge in [0, 0.05) is 16.1 Å². The second kappa shape index (κ2) is 5.83. The molecule has 1 aromatic heterocycles. The number of rotatable bonds is 3. The van der Waals surface area contributed by atoms with Crippen LogP contribution in [0.1, 0.15) is 27.9 Å². The Kier molecular flexibility index (Phi) is 4.14. The first-order valence-corrected chi connectivity index (χ1v) is 6.90. The van der Waals surface area contributed by atoms with Crippen molar-refractivity contribution in [1.82, 2.24) is 4.98 Å². The first kappa shape index (κ1) is 14.2. The van der Waals surface area contributed by atoms with E-state index in [9.17, 15) is 9.59 Å². The summed E-state index contributed by atoms with van der Waals surface area (Å²) in [4.78, 5) is 28.3. The standard InChI is InChI=1S/C14H15N3O2S/c1-8-10(3)20-14(15-8)17-13(19)16-12-6-4-11(5-7-12)9(2)18/h4-7H,1-3H3,(H2,15,16,17,19). The van der Waals surface area contributed by atoms with Crippen molar-refractivity contribution >= 4 is 34.0 Å². The highest BCUT2D eigenvalue weighted by molar-refractivity contribution is 7.15. The molecule has 5 nitrogen and oxygen atoms in total. The van der Waals surface area contributed by atoms with Crippen LogP contribution in [-0.2, 0) is 0 Å². The number of hydrogen-bond acceptors (Lipinski definition) is 4. The summed E-state index contributed by atoms with van der Waals surface area (Å²) in [6.07, 6.45) is 0. The van der Waals surface area contributed by atoms with Crippen LogP contribution in [0, 0.1) is 13.8 Å². The Balaban J connectivity index is 1.99. The van der Waals surface area contributed by atoms with Crippen LogP contribution in [0.2, 0.25) is 0 Å². The third-order valence-electron chi connectivity index (χ3n) is 2.80. The topological polar surface area (TPSA) is 71.1 Å². The second-order valence-corrected chi connectivity index (χ2v) is 5.58. The fourth-order valence-corrected chi connectivity index (χ4v) is 2.38. The average Bonchev–Trinajstić information content (AvgIpc) is 2.68. The molecule has 0 bridgehead atoms. The number of carbonyl (C=O) groups excluding carboxylic acids is 2. The predicted octanol–water partition coefficient (Wildman–Crippen LogP) is 3.61. The van der Waals surface area contributed by atoms with Gasteiger partial charge in [-0.1, -0.05) is 0 Å². The molecule has 2 N–H and O–H groups in total. The van der Waals surface area contributed by atoms with Gasteiger partial charge in [0.2, 0.25) is 0 Å². The van der Waals surface area contributed by atoms with E-state index in [0.717, 1.165) is 10.6 Å². The second-order valence-electron chi connectivity index (χ2n) is 4.37. The molecule has 0 saturated carbocycles. The molecular formula is C14H15N3O2S. The number of anilines is 2. The fourth-order valence-electron chi connectivity index (χ4n) is 1.57. The molecule has 0 unspecified atom stereocenters. The highest BCUT2D eigenvalue weighted by atomic mass is 32.1. The molecule has 0 spiro atoms. The van der Waals surface area contributed by atoms with Gasteiger partial charge < -0.3 is 5.32 Å². The van der Waals surface area contributed by atoms with E-state index in [1.807, 2.05) is 13.8 Å². The van der Waals surface area contributed by atoms with Crippen molar-refractivity contribution < 1.29 is 9.59 Å². The number of aromatic nitrogens is 1. The minimum absolute atomic E-state index is 0.00487. The van der Waals surface area contributed by atoms with E-state index in [0.29, 0.717) is 16.4 Å². The lowest BCUT2D eigenvalue weighted by atomic mass is 10.1. The maximum Gasteiger partial charge on any atom is 0.325 e. The van der Waals surface area contributed by atoms with Gasteiger partial charge in [0.25, 0.3) is 0 Å². The zero-order chi connectivity index (χ0) is 14.7. The van der Waals surface area contributed by atoms with Crippen LogP contribution in [0.5, 0.6) is 0 Å². The van der Waals surface area contributed by atoms with Gasteiger partial charge in [-0.25, -0.2) is 9.78 Å². The van der Waals surface area contributed by atoms with Crippen molar-refractivity contribution in [3.8, 4) is 0 Å². The van der Waals surface area contributed by atoms with E-state index >= 15 is 0 Å². The van der Waals surface area contributed by atoms with Gasteiger partial charge >= 0.3 is 6.03 Å². The third-order valence-corrected chi connectivity index (χ3v) is 3.79. The summed E-state index contributed by atoms with van der Waals surface area (Å²) in [5.41, 5.74) is 2.15. The van der Waals surface area contributed by atoms with Crippen molar-refractivity contribution in [3.05, 3.63) is 40.4 Å². The zero-order valence-electron chi connectivity index (χ0n) is 11.5. The number of hydrogen-bond donors (Lipinski definition) is 2. The third kappa shape index (κ3) is 3.42. The SMILES string of the molecule is CC(=O)c1ccc(NC(=O)Nc2nc(C)c(C)s2)cc1. The van der Waals surface area contributed by atoms with Gasteiger partial charge in [-0.2, -0.15) is 0 Å². The molecule has 6 heteroatoms. The Morgan fingerprint density at radius 2 is 1.75 bits per heavy atom. The van der Waals surface area contributed by atoms with Gasteiger partial charge in [0.15, 0.2) is 10.9 Å². The molecular weight excluding hydrogens is 274 g/mol. The summed E-state index contributed by atoms with van der Waals surface area (Å²) in [5, 5.41) is 5.94. The van der Waals surface area contributed by atoms with Crippen LogP contribution in [-0.4, -0.2) is 16.8 Å². The number of carbonyl (C=O) groups is 2. The molecule has 1 aromatic carbocycles. The minimum atomic E-state index is -0.352. The van der Waals surface area contributed by atoms with E-state index in [4.69, 9.17) is 0 Å². The summed E-state index contributed by atoms with van der Waals surface area (Å²) >= 11 is 1.43. The first-order valence-electron chi connectivity index (χ1n) is 6.09. The summed E-state index contributed by atoms with van der Waals surface area (Å²) in [5.74, 6) is -0.00487. The van der Waals surface area contributed by atoms with Crippen molar-refractivity contribution in [2.45, 2.75) is 20.8 Å². The monoisotopic (exact) mass is 289 g/mol. The summed E-state index contributed by atoms with van der Waals surface area (Å²) in [6, 6.07) is 6.38. The predicted molar refractivity (Wildman–Crippen MR) is 80.7 cm³/mol. The number of benzene rings is 1. The summed E-state index contributed by atoms with van der Waals surface area (Å²) in [7, 11) is 0. The van der Waals surface area contributed by atoms with Gasteiger partial charge in [-0.15, -0.1) is 11.3 Å². The van der Waals surface area contributed by atoms with Crippen molar-refractivity contribution in [2.24, 2.45) is 0 Å². The van der Waals surface area contributed by atoms with Crippen LogP contribution in [0.25, 0.3) is 0 Å². The zero-order valence-corrected chi connectivity index (χ0v) is 12.3. The maximum absolute atomic E-state index is 11.8. The van der Waals surface area contributed by atoms with Gasteiger partial charge in [0.1, 0.15) is 0 Å². The molecule has 0 fully saturated rings. The van der Waals surface area contributed by atoms with E-state index in [1.54, 1.807) is 24.3 Å². The molecule has 20 heavy (non-hydrogen) atoms. The first-order chi connectivity index (χ1) is 9.45. The number of nitrogens with zero attached hydrogens (tertiary/aromatic N) is 1. The number of aryl methyl sites for hydroxylation is 2. The molecule has 0 atom stereocenters. The molecule has 104 valence electrons. The van der Waals surface area contributed by atoms with E-state index in [-0.39, 0.29) is 11.8 Å². The average molecular weight is 289 g/mol. The van der Waals surface area contributed by atoms with Crippen molar-refractivity contribution in [2.75, 3.05) is 10.6 Å². The minimum Gasteiger partial charge on any atom is -0.308 e. The van der Waals surface area contributed by atoms with Crippen LogP contribution in [0.15, 0.2) is 24.3 Å². The maximum atomic E-state index is 11.8. The largest absolute Gasteiger partial charge is 0.325 e. The lowest BCUT2D eigenvalue weighted by Gasteiger charge is -2.05. The number of amides is 2. The number of nitrogens with one attached hydrogen (secondary N) is 2.